The molecule has 160 valence electrons. The van der Waals surface area contributed by atoms with Crippen molar-refractivity contribution in [2.75, 3.05) is 0 Å². The van der Waals surface area contributed by atoms with Gasteiger partial charge in [-0.15, -0.1) is 0 Å². The molecule has 0 bridgehead atoms. The molecule has 27 heavy (non-hydrogen) atoms. The standard InChI is InChI=1S/C23H46N2O2/c1-16(2)12-22(9,13-17(3)4)24-20(26)11-21(27)25-23(10,14-18(5)6)15-19(7)8/h16-19H,11-15H2,1-10H3,(H,24,26)(H,25,27). The minimum Gasteiger partial charge on any atom is -0.350 e. The summed E-state index contributed by atoms with van der Waals surface area (Å²) in [5.41, 5.74) is -0.530. The highest BCUT2D eigenvalue weighted by atomic mass is 16.2. The SMILES string of the molecule is CC(C)CC(C)(CC(C)C)NC(=O)CC(=O)NC(C)(CC(C)C)CC(C)C. The van der Waals surface area contributed by atoms with E-state index in [0.717, 1.165) is 25.7 Å². The zero-order valence-corrected chi connectivity index (χ0v) is 19.7. The summed E-state index contributed by atoms with van der Waals surface area (Å²) in [5.74, 6) is 1.61. The van der Waals surface area contributed by atoms with Gasteiger partial charge < -0.3 is 10.6 Å². The monoisotopic (exact) mass is 382 g/mol. The Morgan fingerprint density at radius 2 is 0.815 bits per heavy atom. The first kappa shape index (κ1) is 25.9. The number of rotatable bonds is 12. The third-order valence-corrected chi connectivity index (χ3v) is 4.64. The Kier molecular flexibility index (Phi) is 10.6. The normalized spacial score (nSPS) is 13.0. The number of nitrogens with one attached hydrogen (secondary N) is 2. The van der Waals surface area contributed by atoms with Crippen LogP contribution in [0.5, 0.6) is 0 Å². The third kappa shape index (κ3) is 12.1. The van der Waals surface area contributed by atoms with E-state index in [1.165, 1.54) is 0 Å². The van der Waals surface area contributed by atoms with E-state index in [4.69, 9.17) is 0 Å². The molecule has 0 rings (SSSR count). The predicted molar refractivity (Wildman–Crippen MR) is 116 cm³/mol. The molecule has 0 aromatic carbocycles. The Morgan fingerprint density at radius 1 is 0.593 bits per heavy atom. The summed E-state index contributed by atoms with van der Waals surface area (Å²) in [7, 11) is 0. The number of hydrogen-bond acceptors (Lipinski definition) is 2. The zero-order chi connectivity index (χ0) is 21.4. The molecule has 0 spiro atoms. The fourth-order valence-electron chi connectivity index (χ4n) is 4.88. The summed E-state index contributed by atoms with van der Waals surface area (Å²) in [5, 5.41) is 6.31. The smallest absolute Gasteiger partial charge is 0.229 e. The van der Waals surface area contributed by atoms with Crippen LogP contribution in [0.1, 0.15) is 101 Å². The fraction of sp³-hybridized carbons (Fsp3) is 0.913. The van der Waals surface area contributed by atoms with E-state index >= 15 is 0 Å². The van der Waals surface area contributed by atoms with Crippen LogP contribution in [0.3, 0.4) is 0 Å². The summed E-state index contributed by atoms with van der Waals surface area (Å²) in [6.07, 6.45) is 3.55. The quantitative estimate of drug-likeness (QED) is 0.449. The number of hydrogen-bond donors (Lipinski definition) is 2. The maximum absolute atomic E-state index is 12.6. The Bertz CT molecular complexity index is 405. The molecule has 2 N–H and O–H groups in total. The van der Waals surface area contributed by atoms with E-state index in [0.29, 0.717) is 23.7 Å². The summed E-state index contributed by atoms with van der Waals surface area (Å²) in [4.78, 5) is 25.2. The van der Waals surface area contributed by atoms with Crippen LogP contribution in [0.15, 0.2) is 0 Å². The van der Waals surface area contributed by atoms with Crippen LogP contribution >= 0.6 is 0 Å². The minimum absolute atomic E-state index is 0.0996. The average Bonchev–Trinajstić information content (AvgIpc) is 2.30. The highest BCUT2D eigenvalue weighted by Gasteiger charge is 2.31. The van der Waals surface area contributed by atoms with Crippen molar-refractivity contribution in [2.45, 2.75) is 112 Å². The molecule has 0 radical (unpaired) electrons. The van der Waals surface area contributed by atoms with Gasteiger partial charge in [0.25, 0.3) is 0 Å². The first-order chi connectivity index (χ1) is 12.2. The van der Waals surface area contributed by atoms with Gasteiger partial charge in [-0.3, -0.25) is 9.59 Å². The van der Waals surface area contributed by atoms with Crippen LogP contribution in [-0.4, -0.2) is 22.9 Å². The summed E-state index contributed by atoms with van der Waals surface area (Å²) >= 11 is 0. The molecular formula is C23H46N2O2. The largest absolute Gasteiger partial charge is 0.350 e. The van der Waals surface area contributed by atoms with E-state index in [-0.39, 0.29) is 29.3 Å². The Balaban J connectivity index is 4.96. The van der Waals surface area contributed by atoms with E-state index in [1.807, 2.05) is 0 Å². The van der Waals surface area contributed by atoms with E-state index in [9.17, 15) is 9.59 Å². The molecule has 4 nitrogen and oxygen atoms in total. The van der Waals surface area contributed by atoms with Gasteiger partial charge in [0.2, 0.25) is 11.8 Å². The molecule has 0 saturated heterocycles. The lowest BCUT2D eigenvalue weighted by molar-refractivity contribution is -0.131. The van der Waals surface area contributed by atoms with Crippen molar-refractivity contribution < 1.29 is 9.59 Å². The second-order valence-corrected chi connectivity index (χ2v) is 10.8. The first-order valence-corrected chi connectivity index (χ1v) is 10.8. The van der Waals surface area contributed by atoms with Crippen LogP contribution in [0, 0.1) is 23.7 Å². The number of amides is 2. The lowest BCUT2D eigenvalue weighted by atomic mass is 9.83. The molecule has 0 atom stereocenters. The Hall–Kier alpha value is -1.06. The second-order valence-electron chi connectivity index (χ2n) is 10.8. The van der Waals surface area contributed by atoms with Crippen molar-refractivity contribution in [3.05, 3.63) is 0 Å². The van der Waals surface area contributed by atoms with Crippen molar-refractivity contribution in [3.8, 4) is 0 Å². The fourth-order valence-corrected chi connectivity index (χ4v) is 4.88. The molecule has 0 fully saturated rings. The molecule has 2 amide bonds. The van der Waals surface area contributed by atoms with Crippen molar-refractivity contribution in [1.29, 1.82) is 0 Å². The molecule has 0 saturated carbocycles. The maximum atomic E-state index is 12.6. The lowest BCUT2D eigenvalue weighted by Gasteiger charge is -2.35. The Labute approximate surface area is 168 Å². The molecule has 0 aromatic heterocycles. The van der Waals surface area contributed by atoms with Crippen molar-refractivity contribution in [1.82, 2.24) is 10.6 Å². The van der Waals surface area contributed by atoms with Gasteiger partial charge in [-0.05, 0) is 63.2 Å². The van der Waals surface area contributed by atoms with Crippen molar-refractivity contribution >= 4 is 11.8 Å². The van der Waals surface area contributed by atoms with Gasteiger partial charge in [-0.25, -0.2) is 0 Å². The molecule has 0 unspecified atom stereocenters. The summed E-state index contributed by atoms with van der Waals surface area (Å²) in [6, 6.07) is 0. The van der Waals surface area contributed by atoms with Crippen LogP contribution in [-0.2, 0) is 9.59 Å². The van der Waals surface area contributed by atoms with Crippen LogP contribution in [0.4, 0.5) is 0 Å². The first-order valence-electron chi connectivity index (χ1n) is 10.8. The highest BCUT2D eigenvalue weighted by Crippen LogP contribution is 2.26. The van der Waals surface area contributed by atoms with Crippen LogP contribution in [0.2, 0.25) is 0 Å². The molecule has 0 aliphatic carbocycles. The Morgan fingerprint density at radius 3 is 1.00 bits per heavy atom. The zero-order valence-electron chi connectivity index (χ0n) is 19.7. The van der Waals surface area contributed by atoms with Gasteiger partial charge in [-0.2, -0.15) is 0 Å². The van der Waals surface area contributed by atoms with Crippen molar-refractivity contribution in [2.24, 2.45) is 23.7 Å². The number of carbonyl (C=O) groups excluding carboxylic acids is 2. The van der Waals surface area contributed by atoms with Crippen LogP contribution in [0.25, 0.3) is 0 Å². The van der Waals surface area contributed by atoms with E-state index in [1.54, 1.807) is 0 Å². The van der Waals surface area contributed by atoms with Gasteiger partial charge in [0.15, 0.2) is 0 Å². The topological polar surface area (TPSA) is 58.2 Å². The van der Waals surface area contributed by atoms with Crippen LogP contribution < -0.4 is 10.6 Å². The average molecular weight is 383 g/mol. The van der Waals surface area contributed by atoms with Gasteiger partial charge >= 0.3 is 0 Å². The van der Waals surface area contributed by atoms with Gasteiger partial charge in [0.1, 0.15) is 6.42 Å². The molecule has 0 aromatic rings. The molecule has 0 aliphatic rings. The van der Waals surface area contributed by atoms with Gasteiger partial charge in [-0.1, -0.05) is 55.4 Å². The summed E-state index contributed by atoms with van der Waals surface area (Å²) in [6.45, 7) is 21.5. The second kappa shape index (κ2) is 11.1. The maximum Gasteiger partial charge on any atom is 0.229 e. The highest BCUT2D eigenvalue weighted by molar-refractivity contribution is 5.97. The van der Waals surface area contributed by atoms with Crippen molar-refractivity contribution in [3.63, 3.8) is 0 Å². The molecule has 4 heteroatoms. The molecule has 0 aliphatic heterocycles. The lowest BCUT2D eigenvalue weighted by Crippen LogP contribution is -2.51. The predicted octanol–water partition coefficient (Wildman–Crippen LogP) is 5.31. The summed E-state index contributed by atoms with van der Waals surface area (Å²) < 4.78 is 0. The van der Waals surface area contributed by atoms with E-state index in [2.05, 4.69) is 79.9 Å². The minimum atomic E-state index is -0.265. The molecular weight excluding hydrogens is 336 g/mol. The van der Waals surface area contributed by atoms with Gasteiger partial charge in [0, 0.05) is 11.1 Å². The number of carbonyl (C=O) groups is 2. The van der Waals surface area contributed by atoms with Gasteiger partial charge in [0.05, 0.1) is 0 Å². The third-order valence-electron chi connectivity index (χ3n) is 4.64. The van der Waals surface area contributed by atoms with E-state index < -0.39 is 0 Å². The molecule has 0 heterocycles.